The van der Waals surface area contributed by atoms with Crippen molar-refractivity contribution in [2.75, 3.05) is 13.2 Å². The van der Waals surface area contributed by atoms with Crippen molar-refractivity contribution in [2.45, 2.75) is 17.0 Å². The highest BCUT2D eigenvalue weighted by molar-refractivity contribution is 7.89. The van der Waals surface area contributed by atoms with Gasteiger partial charge in [0.1, 0.15) is 0 Å². The molecule has 1 aromatic rings. The smallest absolute Gasteiger partial charge is 0.327 e. The van der Waals surface area contributed by atoms with Gasteiger partial charge in [-0.3, -0.25) is 9.48 Å². The molecule has 0 spiro atoms. The van der Waals surface area contributed by atoms with Crippen LogP contribution in [0, 0.1) is 0 Å². The Kier molecular flexibility index (Phi) is 3.56. The predicted octanol–water partition coefficient (Wildman–Crippen LogP) is -0.404. The fourth-order valence-electron chi connectivity index (χ4n) is 1.87. The molecule has 0 aliphatic carbocycles. The van der Waals surface area contributed by atoms with Crippen molar-refractivity contribution in [3.05, 3.63) is 11.2 Å². The number of ether oxygens (including phenoxy) is 1. The maximum Gasteiger partial charge on any atom is 0.327 e. The van der Waals surface area contributed by atoms with E-state index in [-0.39, 0.29) is 29.7 Å². The summed E-state index contributed by atoms with van der Waals surface area (Å²) in [5.41, 5.74) is -1.66. The average Bonchev–Trinajstić information content (AvgIpc) is 2.86. The Balaban J connectivity index is 2.39. The second kappa shape index (κ2) is 4.75. The van der Waals surface area contributed by atoms with Crippen molar-refractivity contribution in [2.24, 2.45) is 7.05 Å². The minimum absolute atomic E-state index is 0.0526. The molecule has 2 heterocycles. The van der Waals surface area contributed by atoms with Gasteiger partial charge in [-0.25, -0.2) is 8.42 Å². The molecule has 106 valence electrons. The van der Waals surface area contributed by atoms with E-state index in [2.05, 4.69) is 9.82 Å². The van der Waals surface area contributed by atoms with E-state index in [0.717, 1.165) is 4.68 Å². The van der Waals surface area contributed by atoms with Crippen LogP contribution in [0.5, 0.6) is 0 Å². The van der Waals surface area contributed by atoms with Crippen LogP contribution in [-0.4, -0.2) is 48.0 Å². The van der Waals surface area contributed by atoms with Crippen LogP contribution in [0.1, 0.15) is 6.42 Å². The molecule has 1 aliphatic heterocycles. The first kappa shape index (κ1) is 14.3. The summed E-state index contributed by atoms with van der Waals surface area (Å²) < 4.78 is 32.7. The molecule has 1 aromatic heterocycles. The number of hydrogen-bond acceptors (Lipinski definition) is 5. The van der Waals surface area contributed by atoms with Crippen LogP contribution in [-0.2, 0) is 26.6 Å². The molecule has 2 N–H and O–H groups in total. The van der Waals surface area contributed by atoms with E-state index in [4.69, 9.17) is 16.3 Å². The predicted molar refractivity (Wildman–Crippen MR) is 64.3 cm³/mol. The number of hydrogen-bond donors (Lipinski definition) is 2. The minimum atomic E-state index is -4.11. The summed E-state index contributed by atoms with van der Waals surface area (Å²) in [5, 5.41) is 12.6. The topological polar surface area (TPSA) is 111 Å². The van der Waals surface area contributed by atoms with Crippen molar-refractivity contribution < 1.29 is 23.1 Å². The lowest BCUT2D eigenvalue weighted by molar-refractivity contribution is -0.144. The zero-order valence-electron chi connectivity index (χ0n) is 9.96. The van der Waals surface area contributed by atoms with Crippen molar-refractivity contribution in [3.63, 3.8) is 0 Å². The van der Waals surface area contributed by atoms with Gasteiger partial charge in [0.05, 0.1) is 17.8 Å². The first-order chi connectivity index (χ1) is 8.78. The zero-order valence-corrected chi connectivity index (χ0v) is 11.5. The van der Waals surface area contributed by atoms with E-state index in [9.17, 15) is 18.3 Å². The Morgan fingerprint density at radius 3 is 2.79 bits per heavy atom. The number of rotatable bonds is 4. The molecule has 0 bridgehead atoms. The van der Waals surface area contributed by atoms with E-state index < -0.39 is 21.5 Å². The molecule has 1 unspecified atom stereocenters. The molecule has 1 fully saturated rings. The van der Waals surface area contributed by atoms with Crippen molar-refractivity contribution in [1.82, 2.24) is 14.5 Å². The van der Waals surface area contributed by atoms with Crippen LogP contribution >= 0.6 is 11.6 Å². The van der Waals surface area contributed by atoms with Crippen LogP contribution < -0.4 is 4.72 Å². The molecule has 8 nitrogen and oxygen atoms in total. The van der Waals surface area contributed by atoms with E-state index in [1.54, 1.807) is 0 Å². The molecule has 1 atom stereocenters. The maximum absolute atomic E-state index is 12.2. The number of aryl methyl sites for hydroxylation is 1. The Hall–Kier alpha value is -1.16. The number of carbonyl (C=O) groups is 1. The molecule has 19 heavy (non-hydrogen) atoms. The van der Waals surface area contributed by atoms with Crippen molar-refractivity contribution in [3.8, 4) is 0 Å². The third kappa shape index (κ3) is 2.46. The molecular weight excluding hydrogens is 298 g/mol. The van der Waals surface area contributed by atoms with Gasteiger partial charge in [-0.1, -0.05) is 11.6 Å². The van der Waals surface area contributed by atoms with Gasteiger partial charge in [-0.2, -0.15) is 9.82 Å². The molecule has 0 saturated carbocycles. The highest BCUT2D eigenvalue weighted by Crippen LogP contribution is 2.25. The number of carboxylic acids is 1. The normalized spacial score (nSPS) is 23.7. The number of nitrogens with one attached hydrogen (secondary N) is 1. The molecule has 0 amide bonds. The van der Waals surface area contributed by atoms with Crippen LogP contribution in [0.25, 0.3) is 0 Å². The maximum atomic E-state index is 12.2. The molecule has 2 rings (SSSR count). The lowest BCUT2D eigenvalue weighted by Crippen LogP contribution is -2.55. The summed E-state index contributed by atoms with van der Waals surface area (Å²) in [6.07, 6.45) is 1.23. The molecule has 1 saturated heterocycles. The monoisotopic (exact) mass is 309 g/mol. The standard InChI is InChI=1S/C9H12ClN3O5S/c1-13-7(6(10)4-11-13)19(16,17)12-9(8(14)15)2-3-18-5-9/h4,12H,2-3,5H2,1H3,(H,14,15). The van der Waals surface area contributed by atoms with E-state index in [0.29, 0.717) is 0 Å². The molecule has 10 heteroatoms. The fraction of sp³-hybridized carbons (Fsp3) is 0.556. The summed E-state index contributed by atoms with van der Waals surface area (Å²) in [5.74, 6) is -1.29. The minimum Gasteiger partial charge on any atom is -0.480 e. The fourth-order valence-corrected chi connectivity index (χ4v) is 3.90. The summed E-state index contributed by atoms with van der Waals surface area (Å²) in [6.45, 7) is -0.0506. The van der Waals surface area contributed by atoms with Crippen molar-refractivity contribution in [1.29, 1.82) is 0 Å². The van der Waals surface area contributed by atoms with Gasteiger partial charge in [0, 0.05) is 20.1 Å². The second-order valence-corrected chi connectivity index (χ2v) is 6.22. The molecule has 0 aromatic carbocycles. The number of sulfonamides is 1. The second-order valence-electron chi connectivity index (χ2n) is 4.22. The number of carboxylic acid groups (broad SMARTS) is 1. The van der Waals surface area contributed by atoms with Gasteiger partial charge in [0.2, 0.25) is 0 Å². The third-order valence-electron chi connectivity index (χ3n) is 2.86. The average molecular weight is 310 g/mol. The van der Waals surface area contributed by atoms with Gasteiger partial charge >= 0.3 is 5.97 Å². The number of nitrogens with zero attached hydrogens (tertiary/aromatic N) is 2. The van der Waals surface area contributed by atoms with Gasteiger partial charge in [0.15, 0.2) is 10.6 Å². The first-order valence-electron chi connectivity index (χ1n) is 5.31. The van der Waals surface area contributed by atoms with Gasteiger partial charge in [0.25, 0.3) is 10.0 Å². The Bertz CT molecular complexity index is 586. The highest BCUT2D eigenvalue weighted by atomic mass is 35.5. The Labute approximate surface area is 114 Å². The number of aliphatic carboxylic acids is 1. The SMILES string of the molecule is Cn1ncc(Cl)c1S(=O)(=O)NC1(C(=O)O)CCOC1. The zero-order chi connectivity index (χ0) is 14.3. The largest absolute Gasteiger partial charge is 0.480 e. The van der Waals surface area contributed by atoms with Crippen LogP contribution in [0.3, 0.4) is 0 Å². The lowest BCUT2D eigenvalue weighted by Gasteiger charge is -2.23. The summed E-state index contributed by atoms with van der Waals surface area (Å²) in [7, 11) is -2.71. The van der Waals surface area contributed by atoms with E-state index in [1.165, 1.54) is 13.2 Å². The number of aromatic nitrogens is 2. The van der Waals surface area contributed by atoms with Gasteiger partial charge in [-0.15, -0.1) is 0 Å². The summed E-state index contributed by atoms with van der Waals surface area (Å²) in [6, 6.07) is 0. The first-order valence-corrected chi connectivity index (χ1v) is 7.17. The Morgan fingerprint density at radius 1 is 1.68 bits per heavy atom. The molecule has 0 radical (unpaired) electrons. The highest BCUT2D eigenvalue weighted by Gasteiger charge is 2.46. The van der Waals surface area contributed by atoms with Gasteiger partial charge in [-0.05, 0) is 0 Å². The molecular formula is C9H12ClN3O5S. The Morgan fingerprint density at radius 2 is 2.37 bits per heavy atom. The lowest BCUT2D eigenvalue weighted by atomic mass is 10.0. The third-order valence-corrected chi connectivity index (χ3v) is 4.90. The summed E-state index contributed by atoms with van der Waals surface area (Å²) in [4.78, 5) is 11.3. The van der Waals surface area contributed by atoms with Crippen molar-refractivity contribution >= 4 is 27.6 Å². The quantitative estimate of drug-likeness (QED) is 0.782. The number of halogens is 1. The van der Waals surface area contributed by atoms with Crippen LogP contribution in [0.15, 0.2) is 11.2 Å². The molecule has 1 aliphatic rings. The van der Waals surface area contributed by atoms with E-state index >= 15 is 0 Å². The van der Waals surface area contributed by atoms with Crippen LogP contribution in [0.4, 0.5) is 0 Å². The van der Waals surface area contributed by atoms with Gasteiger partial charge < -0.3 is 9.84 Å². The van der Waals surface area contributed by atoms with Crippen LogP contribution in [0.2, 0.25) is 5.02 Å². The van der Waals surface area contributed by atoms with E-state index in [1.807, 2.05) is 0 Å². The summed E-state index contributed by atoms with van der Waals surface area (Å²) >= 11 is 5.76.